The quantitative estimate of drug-likeness (QED) is 0.516. The average molecular weight is 369 g/mol. The number of esters is 2. The third kappa shape index (κ3) is 6.09. The van der Waals surface area contributed by atoms with E-state index in [1.807, 2.05) is 27.7 Å². The zero-order chi connectivity index (χ0) is 19.2. The molecule has 0 atom stereocenters. The summed E-state index contributed by atoms with van der Waals surface area (Å²) in [6, 6.07) is 0. The van der Waals surface area contributed by atoms with Crippen molar-refractivity contribution in [3.05, 3.63) is 12.2 Å². The fourth-order valence-corrected chi connectivity index (χ4v) is 4.13. The topological polar surface area (TPSA) is 85.8 Å². The van der Waals surface area contributed by atoms with E-state index in [9.17, 15) is 9.59 Å². The molecule has 2 saturated heterocycles. The molecule has 26 heavy (non-hydrogen) atoms. The Kier molecular flexibility index (Phi) is 7.24. The summed E-state index contributed by atoms with van der Waals surface area (Å²) in [5, 5.41) is 4.58. The molecular weight excluding hydrogens is 332 g/mol. The minimum absolute atomic E-state index is 0.360. The summed E-state index contributed by atoms with van der Waals surface area (Å²) in [6.45, 7) is 12.1. The number of quaternary nitrogens is 2. The Hall–Kier alpha value is -1.40. The molecule has 2 fully saturated rings. The molecular formula is C20H36N2O4+2. The van der Waals surface area contributed by atoms with E-state index in [1.165, 1.54) is 12.2 Å². The molecule has 2 heterocycles. The van der Waals surface area contributed by atoms with Crippen LogP contribution in [-0.2, 0) is 19.1 Å². The van der Waals surface area contributed by atoms with Gasteiger partial charge in [-0.3, -0.25) is 0 Å². The lowest BCUT2D eigenvalue weighted by atomic mass is 9.83. The smallest absolute Gasteiger partial charge is 0.331 e. The van der Waals surface area contributed by atoms with E-state index in [-0.39, 0.29) is 0 Å². The summed E-state index contributed by atoms with van der Waals surface area (Å²) in [6.07, 6.45) is 6.56. The Morgan fingerprint density at radius 3 is 1.35 bits per heavy atom. The van der Waals surface area contributed by atoms with Gasteiger partial charge in [0.1, 0.15) is 11.2 Å². The maximum absolute atomic E-state index is 12.1. The maximum Gasteiger partial charge on any atom is 0.331 e. The van der Waals surface area contributed by atoms with Gasteiger partial charge < -0.3 is 20.1 Å². The van der Waals surface area contributed by atoms with Gasteiger partial charge in [0.15, 0.2) is 0 Å². The number of nitrogens with two attached hydrogens (primary N) is 2. The second kappa shape index (κ2) is 9.00. The normalized spacial score (nSPS) is 20.9. The third-order valence-corrected chi connectivity index (χ3v) is 5.93. The molecule has 148 valence electrons. The molecule has 2 aliphatic rings. The van der Waals surface area contributed by atoms with Crippen molar-refractivity contribution in [1.82, 2.24) is 0 Å². The molecule has 2 aliphatic heterocycles. The molecule has 0 amide bonds. The lowest BCUT2D eigenvalue weighted by Crippen LogP contribution is -2.86. The van der Waals surface area contributed by atoms with Gasteiger partial charge in [0.05, 0.1) is 26.2 Å². The van der Waals surface area contributed by atoms with Gasteiger partial charge in [0.2, 0.25) is 0 Å². The van der Waals surface area contributed by atoms with Crippen LogP contribution in [0.15, 0.2) is 12.2 Å². The second-order valence-corrected chi connectivity index (χ2v) is 8.66. The van der Waals surface area contributed by atoms with Crippen LogP contribution in [0.1, 0.15) is 53.4 Å². The predicted octanol–water partition coefficient (Wildman–Crippen LogP) is 0.133. The van der Waals surface area contributed by atoms with Crippen molar-refractivity contribution in [2.24, 2.45) is 11.8 Å². The molecule has 6 heteroatoms. The fourth-order valence-electron chi connectivity index (χ4n) is 4.13. The number of rotatable bonds is 6. The van der Waals surface area contributed by atoms with Crippen molar-refractivity contribution in [3.63, 3.8) is 0 Å². The zero-order valence-corrected chi connectivity index (χ0v) is 16.8. The summed E-state index contributed by atoms with van der Waals surface area (Å²) >= 11 is 0. The van der Waals surface area contributed by atoms with E-state index < -0.39 is 23.1 Å². The first kappa shape index (κ1) is 20.9. The molecule has 0 aromatic rings. The Balaban J connectivity index is 1.83. The van der Waals surface area contributed by atoms with Gasteiger partial charge in [-0.05, 0) is 27.7 Å². The molecule has 0 aliphatic carbocycles. The average Bonchev–Trinajstić information content (AvgIpc) is 2.61. The fraction of sp³-hybridized carbons (Fsp3) is 0.800. The van der Waals surface area contributed by atoms with Crippen LogP contribution in [0.5, 0.6) is 0 Å². The van der Waals surface area contributed by atoms with Crippen LogP contribution < -0.4 is 10.6 Å². The number of piperidine rings is 2. The van der Waals surface area contributed by atoms with E-state index >= 15 is 0 Å². The molecule has 0 aromatic heterocycles. The van der Waals surface area contributed by atoms with Gasteiger partial charge >= 0.3 is 11.9 Å². The highest BCUT2D eigenvalue weighted by Gasteiger charge is 2.36. The van der Waals surface area contributed by atoms with E-state index in [1.54, 1.807) is 0 Å². The monoisotopic (exact) mass is 368 g/mol. The van der Waals surface area contributed by atoms with Gasteiger partial charge in [-0.1, -0.05) is 0 Å². The molecule has 0 unspecified atom stereocenters. The van der Waals surface area contributed by atoms with Gasteiger partial charge in [-0.2, -0.15) is 0 Å². The van der Waals surface area contributed by atoms with Crippen molar-refractivity contribution in [2.45, 2.75) is 64.6 Å². The number of hydrogen-bond acceptors (Lipinski definition) is 4. The first-order valence-electron chi connectivity index (χ1n) is 9.98. The van der Waals surface area contributed by atoms with Crippen LogP contribution >= 0.6 is 0 Å². The Morgan fingerprint density at radius 2 is 1.04 bits per heavy atom. The van der Waals surface area contributed by atoms with Gasteiger partial charge in [-0.15, -0.1) is 0 Å². The summed E-state index contributed by atoms with van der Waals surface area (Å²) in [7, 11) is 0. The van der Waals surface area contributed by atoms with Crippen LogP contribution in [0.2, 0.25) is 0 Å². The molecule has 6 nitrogen and oxygen atoms in total. The molecule has 0 saturated carbocycles. The van der Waals surface area contributed by atoms with Crippen LogP contribution in [0.4, 0.5) is 0 Å². The summed E-state index contributed by atoms with van der Waals surface area (Å²) < 4.78 is 11.2. The van der Waals surface area contributed by atoms with Crippen molar-refractivity contribution >= 4 is 11.9 Å². The van der Waals surface area contributed by atoms with E-state index in [0.29, 0.717) is 11.8 Å². The maximum atomic E-state index is 12.1. The second-order valence-electron chi connectivity index (χ2n) is 8.66. The summed E-state index contributed by atoms with van der Waals surface area (Å²) in [4.78, 5) is 24.3. The van der Waals surface area contributed by atoms with E-state index in [0.717, 1.165) is 51.9 Å². The molecule has 0 aromatic carbocycles. The highest BCUT2D eigenvalue weighted by atomic mass is 16.6. The Bertz CT molecular complexity index is 470. The molecule has 2 rings (SSSR count). The first-order chi connectivity index (χ1) is 12.2. The molecule has 0 radical (unpaired) electrons. The van der Waals surface area contributed by atoms with Crippen LogP contribution in [0.25, 0.3) is 0 Å². The third-order valence-electron chi connectivity index (χ3n) is 5.93. The molecule has 0 bridgehead atoms. The SMILES string of the molecule is CC(C)(OC(=O)/C=C/C(=O)OC(C)(C)C1CC[NH2+]CC1)C1CC[NH2+]CC1. The minimum Gasteiger partial charge on any atom is -0.456 e. The largest absolute Gasteiger partial charge is 0.456 e. The number of carbonyl (C=O) groups is 2. The highest BCUT2D eigenvalue weighted by molar-refractivity contribution is 5.92. The zero-order valence-electron chi connectivity index (χ0n) is 16.8. The Labute approximate surface area is 157 Å². The van der Waals surface area contributed by atoms with Crippen LogP contribution in [-0.4, -0.2) is 49.3 Å². The minimum atomic E-state index is -0.516. The van der Waals surface area contributed by atoms with Crippen molar-refractivity contribution in [3.8, 4) is 0 Å². The van der Waals surface area contributed by atoms with Gasteiger partial charge in [-0.25, -0.2) is 9.59 Å². The van der Waals surface area contributed by atoms with Crippen molar-refractivity contribution in [1.29, 1.82) is 0 Å². The summed E-state index contributed by atoms with van der Waals surface area (Å²) in [5.41, 5.74) is -1.03. The molecule has 0 spiro atoms. The van der Waals surface area contributed by atoms with Gasteiger partial charge in [0.25, 0.3) is 0 Å². The first-order valence-corrected chi connectivity index (χ1v) is 9.98. The van der Waals surface area contributed by atoms with Crippen LogP contribution in [0, 0.1) is 11.8 Å². The molecule has 4 N–H and O–H groups in total. The van der Waals surface area contributed by atoms with Crippen LogP contribution in [0.3, 0.4) is 0 Å². The lowest BCUT2D eigenvalue weighted by Gasteiger charge is -2.35. The number of ether oxygens (including phenoxy) is 2. The predicted molar refractivity (Wildman–Crippen MR) is 98.2 cm³/mol. The van der Waals surface area contributed by atoms with Gasteiger partial charge in [0, 0.05) is 49.7 Å². The lowest BCUT2D eigenvalue weighted by molar-refractivity contribution is -0.666. The summed E-state index contributed by atoms with van der Waals surface area (Å²) in [5.74, 6) is -0.240. The van der Waals surface area contributed by atoms with Crippen molar-refractivity contribution < 1.29 is 29.7 Å². The number of hydrogen-bond donors (Lipinski definition) is 2. The Morgan fingerprint density at radius 1 is 0.731 bits per heavy atom. The van der Waals surface area contributed by atoms with E-state index in [2.05, 4.69) is 10.6 Å². The van der Waals surface area contributed by atoms with Crippen molar-refractivity contribution in [2.75, 3.05) is 26.2 Å². The standard InChI is InChI=1S/C20H34N2O4/c1-19(2,15-7-11-21-12-8-15)25-17(23)5-6-18(24)26-20(3,4)16-9-13-22-14-10-16/h5-6,15-16,21-22H,7-14H2,1-4H3/p+2/b6-5+. The number of carbonyl (C=O) groups excluding carboxylic acids is 2. The van der Waals surface area contributed by atoms with E-state index in [4.69, 9.17) is 9.47 Å². The highest BCUT2D eigenvalue weighted by Crippen LogP contribution is 2.29.